The van der Waals surface area contributed by atoms with Gasteiger partial charge in [0.1, 0.15) is 5.75 Å². The summed E-state index contributed by atoms with van der Waals surface area (Å²) in [7, 11) is 0. The fraction of sp³-hybridized carbons (Fsp3) is 0.545. The van der Waals surface area contributed by atoms with E-state index in [2.05, 4.69) is 12.2 Å². The van der Waals surface area contributed by atoms with Crippen LogP contribution in [0.25, 0.3) is 0 Å². The maximum atomic E-state index is 12.4. The predicted molar refractivity (Wildman–Crippen MR) is 115 cm³/mol. The Kier molecular flexibility index (Phi) is 8.29. The third-order valence-electron chi connectivity index (χ3n) is 5.03. The van der Waals surface area contributed by atoms with E-state index >= 15 is 0 Å². The van der Waals surface area contributed by atoms with Gasteiger partial charge in [0.05, 0.1) is 12.6 Å². The van der Waals surface area contributed by atoms with Crippen molar-refractivity contribution in [3.63, 3.8) is 0 Å². The fourth-order valence-electron chi connectivity index (χ4n) is 3.59. The quantitative estimate of drug-likeness (QED) is 0.443. The van der Waals surface area contributed by atoms with E-state index in [0.29, 0.717) is 11.7 Å². The average Bonchev–Trinajstić information content (AvgIpc) is 2.64. The van der Waals surface area contributed by atoms with Gasteiger partial charge < -0.3 is 15.0 Å². The molecule has 0 spiro atoms. The van der Waals surface area contributed by atoms with E-state index < -0.39 is 0 Å². The molecule has 1 unspecified atom stereocenters. The molecule has 27 heavy (non-hydrogen) atoms. The summed E-state index contributed by atoms with van der Waals surface area (Å²) in [4.78, 5) is 14.4. The molecule has 1 aromatic rings. The molecule has 2 rings (SSSR count). The Bertz CT molecular complexity index is 699. The first-order chi connectivity index (χ1) is 13.0. The summed E-state index contributed by atoms with van der Waals surface area (Å²) >= 11 is 5.54. The van der Waals surface area contributed by atoms with Crippen molar-refractivity contribution in [2.24, 2.45) is 0 Å². The van der Waals surface area contributed by atoms with Gasteiger partial charge in [-0.15, -0.1) is 0 Å². The number of ketones is 1. The first kappa shape index (κ1) is 21.4. The Hall–Kier alpha value is -1.88. The lowest BCUT2D eigenvalue weighted by atomic mass is 9.92. The van der Waals surface area contributed by atoms with Crippen molar-refractivity contribution >= 4 is 23.1 Å². The van der Waals surface area contributed by atoms with Crippen molar-refractivity contribution in [3.05, 3.63) is 41.1 Å². The second-order valence-electron chi connectivity index (χ2n) is 6.98. The number of benzene rings is 1. The minimum atomic E-state index is -0.269. The van der Waals surface area contributed by atoms with Gasteiger partial charge in [0, 0.05) is 23.4 Å². The van der Waals surface area contributed by atoms with Gasteiger partial charge in [-0.05, 0) is 45.5 Å². The van der Waals surface area contributed by atoms with Crippen molar-refractivity contribution in [1.82, 2.24) is 10.2 Å². The number of nitrogens with zero attached hydrogens (tertiary/aromatic N) is 1. The number of allylic oxidation sites excluding steroid dienone is 1. The smallest absolute Gasteiger partial charge is 0.173 e. The molecule has 1 N–H and O–H groups in total. The lowest BCUT2D eigenvalue weighted by molar-refractivity contribution is -0.114. The summed E-state index contributed by atoms with van der Waals surface area (Å²) in [5, 5.41) is 4.01. The molecule has 0 radical (unpaired) electrons. The number of carbonyl (C=O) groups is 1. The molecule has 0 bridgehead atoms. The van der Waals surface area contributed by atoms with Crippen LogP contribution in [0.5, 0.6) is 5.75 Å². The second-order valence-corrected chi connectivity index (χ2v) is 7.37. The van der Waals surface area contributed by atoms with Gasteiger partial charge in [0.2, 0.25) is 0 Å². The Morgan fingerprint density at radius 2 is 1.89 bits per heavy atom. The number of hydrogen-bond acceptors (Lipinski definition) is 3. The van der Waals surface area contributed by atoms with Crippen molar-refractivity contribution in [2.75, 3.05) is 13.2 Å². The number of hydrogen-bond donors (Lipinski definition) is 1. The van der Waals surface area contributed by atoms with E-state index in [-0.39, 0.29) is 11.8 Å². The molecule has 1 atom stereocenters. The van der Waals surface area contributed by atoms with E-state index in [1.807, 2.05) is 43.0 Å². The highest BCUT2D eigenvalue weighted by atomic mass is 32.1. The third-order valence-corrected chi connectivity index (χ3v) is 5.37. The normalized spacial score (nSPS) is 17.1. The van der Waals surface area contributed by atoms with Gasteiger partial charge in [0.15, 0.2) is 10.9 Å². The molecule has 0 aliphatic carbocycles. The summed E-state index contributed by atoms with van der Waals surface area (Å²) in [6, 6.07) is 7.68. The van der Waals surface area contributed by atoms with Crippen molar-refractivity contribution < 1.29 is 9.53 Å². The van der Waals surface area contributed by atoms with Crippen molar-refractivity contribution in [2.45, 2.75) is 65.8 Å². The van der Waals surface area contributed by atoms with Gasteiger partial charge in [-0.2, -0.15) is 0 Å². The number of rotatable bonds is 10. The molecule has 1 heterocycles. The lowest BCUT2D eigenvalue weighted by Gasteiger charge is -2.37. The largest absolute Gasteiger partial charge is 0.493 e. The lowest BCUT2D eigenvalue weighted by Crippen LogP contribution is -2.47. The van der Waals surface area contributed by atoms with Crippen LogP contribution in [0.15, 0.2) is 35.5 Å². The summed E-state index contributed by atoms with van der Waals surface area (Å²) in [6.07, 6.45) is 6.00. The molecule has 1 aliphatic heterocycles. The second kappa shape index (κ2) is 10.5. The summed E-state index contributed by atoms with van der Waals surface area (Å²) in [5.41, 5.74) is 2.64. The minimum Gasteiger partial charge on any atom is -0.493 e. The van der Waals surface area contributed by atoms with Crippen LogP contribution in [0.4, 0.5) is 0 Å². The summed E-state index contributed by atoms with van der Waals surface area (Å²) in [6.45, 7) is 9.26. The van der Waals surface area contributed by atoms with Gasteiger partial charge >= 0.3 is 0 Å². The first-order valence-corrected chi connectivity index (χ1v) is 10.4. The van der Waals surface area contributed by atoms with Crippen LogP contribution in [-0.4, -0.2) is 28.9 Å². The molecule has 1 aliphatic rings. The van der Waals surface area contributed by atoms with Crippen LogP contribution in [-0.2, 0) is 4.79 Å². The molecule has 4 nitrogen and oxygen atoms in total. The van der Waals surface area contributed by atoms with Gasteiger partial charge in [-0.3, -0.25) is 4.79 Å². The molecule has 0 amide bonds. The number of nitrogens with one attached hydrogen (secondary N) is 1. The molecule has 1 aromatic carbocycles. The van der Waals surface area contributed by atoms with Crippen molar-refractivity contribution in [3.8, 4) is 5.75 Å². The van der Waals surface area contributed by atoms with Crippen LogP contribution in [0.1, 0.15) is 71.4 Å². The number of thiocarbonyl (C=S) groups is 1. The van der Waals surface area contributed by atoms with Crippen molar-refractivity contribution in [1.29, 1.82) is 0 Å². The van der Waals surface area contributed by atoms with Crippen LogP contribution in [0, 0.1) is 0 Å². The summed E-state index contributed by atoms with van der Waals surface area (Å²) < 4.78 is 6.09. The molecule has 0 saturated carbocycles. The predicted octanol–water partition coefficient (Wildman–Crippen LogP) is 5.15. The Morgan fingerprint density at radius 3 is 2.56 bits per heavy atom. The zero-order valence-corrected chi connectivity index (χ0v) is 17.8. The number of ether oxygens (including phenoxy) is 1. The van der Waals surface area contributed by atoms with Gasteiger partial charge in [-0.25, -0.2) is 0 Å². The van der Waals surface area contributed by atoms with E-state index in [4.69, 9.17) is 17.0 Å². The highest BCUT2D eigenvalue weighted by molar-refractivity contribution is 7.80. The van der Waals surface area contributed by atoms with Gasteiger partial charge in [-0.1, -0.05) is 50.8 Å². The number of unbranched alkanes of at least 4 members (excludes halogenated alkanes) is 4. The maximum absolute atomic E-state index is 12.4. The molecule has 5 heteroatoms. The van der Waals surface area contributed by atoms with Crippen LogP contribution < -0.4 is 10.1 Å². The minimum absolute atomic E-state index is 0.0559. The Morgan fingerprint density at radius 1 is 1.19 bits per heavy atom. The Balaban J connectivity index is 2.22. The number of carbonyl (C=O) groups excluding carboxylic acids is 1. The monoisotopic (exact) mass is 388 g/mol. The van der Waals surface area contributed by atoms with Crippen LogP contribution >= 0.6 is 12.2 Å². The highest BCUT2D eigenvalue weighted by Crippen LogP contribution is 2.35. The fourth-order valence-corrected chi connectivity index (χ4v) is 3.97. The van der Waals surface area contributed by atoms with E-state index in [9.17, 15) is 4.79 Å². The SMILES string of the molecule is CCCCCCCOc1ccccc1C1NC(=S)N(CC)C(C)=C1C(C)=O. The Labute approximate surface area is 169 Å². The summed E-state index contributed by atoms with van der Waals surface area (Å²) in [5.74, 6) is 0.880. The molecular formula is C22H32N2O2S. The standard InChI is InChI=1S/C22H32N2O2S/c1-5-7-8-9-12-15-26-19-14-11-10-13-18(19)21-20(17(4)25)16(3)24(6-2)22(27)23-21/h10-11,13-14,21H,5-9,12,15H2,1-4H3,(H,23,27). The van der Waals surface area contributed by atoms with E-state index in [1.54, 1.807) is 6.92 Å². The molecular weight excluding hydrogens is 356 g/mol. The number of para-hydroxylation sites is 1. The zero-order valence-electron chi connectivity index (χ0n) is 17.0. The number of Topliss-reactive ketones (excluding diaryl/α,β-unsaturated/α-hetero) is 1. The van der Waals surface area contributed by atoms with Gasteiger partial charge in [0.25, 0.3) is 0 Å². The molecule has 0 fully saturated rings. The van der Waals surface area contributed by atoms with Crippen LogP contribution in [0.2, 0.25) is 0 Å². The van der Waals surface area contributed by atoms with E-state index in [1.165, 1.54) is 25.7 Å². The molecule has 0 saturated heterocycles. The topological polar surface area (TPSA) is 41.6 Å². The highest BCUT2D eigenvalue weighted by Gasteiger charge is 2.33. The van der Waals surface area contributed by atoms with Crippen LogP contribution in [0.3, 0.4) is 0 Å². The molecule has 0 aromatic heterocycles. The first-order valence-electron chi connectivity index (χ1n) is 10.0. The average molecular weight is 389 g/mol. The van der Waals surface area contributed by atoms with E-state index in [0.717, 1.165) is 35.5 Å². The molecule has 148 valence electrons. The zero-order chi connectivity index (χ0) is 19.8. The third kappa shape index (κ3) is 5.32. The maximum Gasteiger partial charge on any atom is 0.173 e.